The molecule has 2 aromatic rings. The number of imide groups is 1. The Morgan fingerprint density at radius 1 is 0.966 bits per heavy atom. The number of amides is 3. The van der Waals surface area contributed by atoms with Crippen LogP contribution in [0.5, 0.6) is 0 Å². The zero-order chi connectivity index (χ0) is 20.1. The first-order valence-electron chi connectivity index (χ1n) is 9.98. The van der Waals surface area contributed by atoms with Gasteiger partial charge in [0.25, 0.3) is 0 Å². The lowest BCUT2D eigenvalue weighted by atomic mass is 9.73. The maximum atomic E-state index is 13.1. The molecular weight excluding hydrogens is 479 g/mol. The molecule has 1 heterocycles. The number of carbonyl (C=O) groups is 3. The topological polar surface area (TPSA) is 66.5 Å². The van der Waals surface area contributed by atoms with Crippen LogP contribution in [0.15, 0.2) is 54.6 Å². The number of benzene rings is 2. The van der Waals surface area contributed by atoms with E-state index in [0.29, 0.717) is 11.6 Å². The number of carbonyl (C=O) groups excluding carboxylic acids is 3. The average molecular weight is 500 g/mol. The van der Waals surface area contributed by atoms with E-state index in [1.54, 1.807) is 0 Å². The van der Waals surface area contributed by atoms with Crippen LogP contribution in [0.4, 0.5) is 5.69 Å². The molecule has 5 atom stereocenters. The van der Waals surface area contributed by atoms with E-state index >= 15 is 0 Å². The zero-order valence-corrected chi connectivity index (χ0v) is 17.9. The summed E-state index contributed by atoms with van der Waals surface area (Å²) in [6, 6.07) is 17.7. The second kappa shape index (κ2) is 7.23. The van der Waals surface area contributed by atoms with Crippen LogP contribution in [0.25, 0.3) is 0 Å². The Bertz CT molecular complexity index is 975. The summed E-state index contributed by atoms with van der Waals surface area (Å²) in [5, 5.41) is 2.79. The Balaban J connectivity index is 1.31. The summed E-state index contributed by atoms with van der Waals surface area (Å²) in [6.45, 7) is -0.202. The predicted octanol–water partition coefficient (Wildman–Crippen LogP) is 3.65. The zero-order valence-electron chi connectivity index (χ0n) is 15.8. The van der Waals surface area contributed by atoms with E-state index in [4.69, 9.17) is 0 Å². The quantitative estimate of drug-likeness (QED) is 0.515. The molecule has 0 radical (unpaired) electrons. The van der Waals surface area contributed by atoms with Crippen molar-refractivity contribution >= 4 is 46.0 Å². The molecule has 2 aliphatic carbocycles. The standard InChI is InChI=1S/C23H21IN2O3/c24-15-6-8-16(9-7-15)25-19(27)12-26-22(28)20-14-10-17(13-4-2-1-3-5-13)18(11-14)21(20)23(26)29/h1-9,14,17-18,20-21H,10-12H2,(H,25,27)/t14-,17+,18+,20+,21+/m0/s1. The number of likely N-dealkylation sites (tertiary alicyclic amines) is 1. The predicted molar refractivity (Wildman–Crippen MR) is 117 cm³/mol. The van der Waals surface area contributed by atoms with Crippen molar-refractivity contribution in [3.8, 4) is 0 Å². The minimum atomic E-state index is -0.333. The molecule has 2 aromatic carbocycles. The van der Waals surface area contributed by atoms with Crippen LogP contribution in [0.3, 0.4) is 0 Å². The number of fused-ring (bicyclic) bond motifs is 5. The summed E-state index contributed by atoms with van der Waals surface area (Å²) in [7, 11) is 0. The van der Waals surface area contributed by atoms with Gasteiger partial charge in [0.05, 0.1) is 11.8 Å². The maximum absolute atomic E-state index is 13.1. The monoisotopic (exact) mass is 500 g/mol. The first-order valence-corrected chi connectivity index (χ1v) is 11.1. The van der Waals surface area contributed by atoms with Crippen molar-refractivity contribution in [1.82, 2.24) is 4.90 Å². The number of hydrogen-bond donors (Lipinski definition) is 1. The van der Waals surface area contributed by atoms with E-state index in [9.17, 15) is 14.4 Å². The molecule has 29 heavy (non-hydrogen) atoms. The highest BCUT2D eigenvalue weighted by Gasteiger charge is 2.63. The molecule has 1 N–H and O–H groups in total. The van der Waals surface area contributed by atoms with Gasteiger partial charge in [-0.1, -0.05) is 30.3 Å². The van der Waals surface area contributed by atoms with Crippen LogP contribution in [0, 0.1) is 27.2 Å². The van der Waals surface area contributed by atoms with Crippen molar-refractivity contribution in [2.75, 3.05) is 11.9 Å². The molecule has 3 aliphatic rings. The van der Waals surface area contributed by atoms with Crippen LogP contribution in [-0.2, 0) is 14.4 Å². The first kappa shape index (κ1) is 18.8. The van der Waals surface area contributed by atoms with Gasteiger partial charge in [0, 0.05) is 9.26 Å². The second-order valence-corrected chi connectivity index (χ2v) is 9.53. The van der Waals surface area contributed by atoms with Gasteiger partial charge in [-0.25, -0.2) is 0 Å². The highest BCUT2D eigenvalue weighted by molar-refractivity contribution is 14.1. The van der Waals surface area contributed by atoms with Crippen LogP contribution >= 0.6 is 22.6 Å². The van der Waals surface area contributed by atoms with Gasteiger partial charge >= 0.3 is 0 Å². The number of halogens is 1. The lowest BCUT2D eigenvalue weighted by molar-refractivity contribution is -0.143. The fourth-order valence-electron chi connectivity index (χ4n) is 5.64. The second-order valence-electron chi connectivity index (χ2n) is 8.28. The van der Waals surface area contributed by atoms with Gasteiger partial charge < -0.3 is 5.32 Å². The summed E-state index contributed by atoms with van der Waals surface area (Å²) in [6.07, 6.45) is 1.90. The summed E-state index contributed by atoms with van der Waals surface area (Å²) in [5.74, 6) is -0.373. The van der Waals surface area contributed by atoms with E-state index < -0.39 is 0 Å². The van der Waals surface area contributed by atoms with E-state index in [2.05, 4.69) is 40.0 Å². The smallest absolute Gasteiger partial charge is 0.244 e. The van der Waals surface area contributed by atoms with Crippen molar-refractivity contribution in [3.05, 3.63) is 63.7 Å². The molecule has 5 nitrogen and oxygen atoms in total. The minimum Gasteiger partial charge on any atom is -0.325 e. The third kappa shape index (κ3) is 3.17. The maximum Gasteiger partial charge on any atom is 0.244 e. The Morgan fingerprint density at radius 3 is 2.38 bits per heavy atom. The third-order valence-electron chi connectivity index (χ3n) is 6.76. The van der Waals surface area contributed by atoms with Gasteiger partial charge in [-0.15, -0.1) is 0 Å². The van der Waals surface area contributed by atoms with Gasteiger partial charge in [0.2, 0.25) is 17.7 Å². The number of anilines is 1. The van der Waals surface area contributed by atoms with Crippen LogP contribution in [0.1, 0.15) is 24.3 Å². The summed E-state index contributed by atoms with van der Waals surface area (Å²) in [4.78, 5) is 39.8. The van der Waals surface area contributed by atoms with Crippen LogP contribution in [0.2, 0.25) is 0 Å². The lowest BCUT2D eigenvalue weighted by Crippen LogP contribution is -2.39. The number of nitrogens with zero attached hydrogens (tertiary/aromatic N) is 1. The summed E-state index contributed by atoms with van der Waals surface area (Å²) in [5.41, 5.74) is 1.92. The van der Waals surface area contributed by atoms with Gasteiger partial charge in [0.1, 0.15) is 6.54 Å². The Hall–Kier alpha value is -2.22. The van der Waals surface area contributed by atoms with Crippen LogP contribution < -0.4 is 5.32 Å². The first-order chi connectivity index (χ1) is 14.0. The number of nitrogens with one attached hydrogen (secondary N) is 1. The highest BCUT2D eigenvalue weighted by atomic mass is 127. The molecule has 5 rings (SSSR count). The van der Waals surface area contributed by atoms with Crippen molar-refractivity contribution in [2.24, 2.45) is 23.7 Å². The molecule has 6 heteroatoms. The van der Waals surface area contributed by atoms with E-state index in [1.807, 2.05) is 42.5 Å². The molecule has 1 aliphatic heterocycles. The van der Waals surface area contributed by atoms with Gasteiger partial charge in [-0.3, -0.25) is 19.3 Å². The Morgan fingerprint density at radius 2 is 1.66 bits per heavy atom. The number of rotatable bonds is 4. The van der Waals surface area contributed by atoms with Crippen molar-refractivity contribution in [2.45, 2.75) is 18.8 Å². The molecule has 0 spiro atoms. The van der Waals surface area contributed by atoms with Gasteiger partial charge in [-0.2, -0.15) is 0 Å². The molecule has 148 valence electrons. The largest absolute Gasteiger partial charge is 0.325 e. The molecule has 3 fully saturated rings. The van der Waals surface area contributed by atoms with Crippen LogP contribution in [-0.4, -0.2) is 29.2 Å². The molecule has 2 bridgehead atoms. The molecule has 1 saturated heterocycles. The molecular formula is C23H21IN2O3. The van der Waals surface area contributed by atoms with Crippen molar-refractivity contribution in [3.63, 3.8) is 0 Å². The summed E-state index contributed by atoms with van der Waals surface area (Å²) < 4.78 is 1.07. The van der Waals surface area contributed by atoms with Crippen molar-refractivity contribution in [1.29, 1.82) is 0 Å². The normalized spacial score (nSPS) is 30.0. The minimum absolute atomic E-state index is 0.156. The lowest BCUT2D eigenvalue weighted by Gasteiger charge is -2.28. The van der Waals surface area contributed by atoms with E-state index in [0.717, 1.165) is 16.4 Å². The fraction of sp³-hybridized carbons (Fsp3) is 0.348. The van der Waals surface area contributed by atoms with E-state index in [-0.39, 0.29) is 47.9 Å². The number of hydrogen-bond acceptors (Lipinski definition) is 3. The Labute approximate surface area is 183 Å². The van der Waals surface area contributed by atoms with Gasteiger partial charge in [0.15, 0.2) is 0 Å². The average Bonchev–Trinajstić information content (AvgIpc) is 3.38. The molecule has 0 unspecified atom stereocenters. The fourth-order valence-corrected chi connectivity index (χ4v) is 6.00. The Kier molecular flexibility index (Phi) is 4.69. The summed E-state index contributed by atoms with van der Waals surface area (Å²) >= 11 is 2.20. The van der Waals surface area contributed by atoms with Gasteiger partial charge in [-0.05, 0) is 83.0 Å². The molecule has 3 amide bonds. The molecule has 2 saturated carbocycles. The third-order valence-corrected chi connectivity index (χ3v) is 7.48. The van der Waals surface area contributed by atoms with Crippen molar-refractivity contribution < 1.29 is 14.4 Å². The SMILES string of the molecule is O=C(CN1C(=O)[C@@H]2[C@@H]3C[C@@H]([C@H]2C1=O)[C@@H](c1ccccc1)C3)Nc1ccc(I)cc1. The molecule has 0 aromatic heterocycles. The highest BCUT2D eigenvalue weighted by Crippen LogP contribution is 2.61. The van der Waals surface area contributed by atoms with E-state index in [1.165, 1.54) is 10.5 Å².